The standard InChI is InChI=1S/C12H7F15O3/c13-6(14,3-4(1-2-28)5(29)30)7(15,16)8(17,18)9(19,20)10(21,22)11(23,24)12(25,26)27/h1,28H,2-3H2,(H,29,30). The summed E-state index contributed by atoms with van der Waals surface area (Å²) in [5.74, 6) is -50.3. The summed E-state index contributed by atoms with van der Waals surface area (Å²) in [5, 5.41) is 16.7. The molecule has 0 aromatic heterocycles. The van der Waals surface area contributed by atoms with Crippen LogP contribution < -0.4 is 0 Å². The van der Waals surface area contributed by atoms with Gasteiger partial charge in [-0.15, -0.1) is 0 Å². The molecule has 18 heteroatoms. The summed E-state index contributed by atoms with van der Waals surface area (Å²) in [6.07, 6.45) is -11.1. The maximum absolute atomic E-state index is 13.5. The van der Waals surface area contributed by atoms with E-state index in [2.05, 4.69) is 0 Å². The van der Waals surface area contributed by atoms with Crippen molar-refractivity contribution in [2.75, 3.05) is 6.61 Å². The van der Waals surface area contributed by atoms with E-state index in [-0.39, 0.29) is 6.08 Å². The third kappa shape index (κ3) is 4.01. The van der Waals surface area contributed by atoms with Crippen molar-refractivity contribution in [1.82, 2.24) is 0 Å². The first kappa shape index (κ1) is 28.1. The molecule has 0 unspecified atom stereocenters. The molecule has 0 saturated carbocycles. The van der Waals surface area contributed by atoms with Crippen LogP contribution in [0, 0.1) is 0 Å². The Morgan fingerprint density at radius 2 is 0.967 bits per heavy atom. The van der Waals surface area contributed by atoms with Crippen molar-refractivity contribution >= 4 is 5.97 Å². The predicted molar refractivity (Wildman–Crippen MR) is 63.2 cm³/mol. The maximum atomic E-state index is 13.5. The number of carboxylic acid groups (broad SMARTS) is 1. The molecule has 30 heavy (non-hydrogen) atoms. The Labute approximate surface area is 154 Å². The minimum atomic E-state index is -8.43. The van der Waals surface area contributed by atoms with Crippen molar-refractivity contribution in [2.45, 2.75) is 48.1 Å². The molecule has 0 rings (SSSR count). The number of carbonyl (C=O) groups is 1. The first-order valence-corrected chi connectivity index (χ1v) is 6.73. The van der Waals surface area contributed by atoms with E-state index in [4.69, 9.17) is 10.2 Å². The van der Waals surface area contributed by atoms with E-state index < -0.39 is 66.3 Å². The van der Waals surface area contributed by atoms with Crippen molar-refractivity contribution in [3.63, 3.8) is 0 Å². The van der Waals surface area contributed by atoms with Gasteiger partial charge in [0, 0.05) is 12.0 Å². The summed E-state index contributed by atoms with van der Waals surface area (Å²) in [6, 6.07) is 0. The molecule has 0 heterocycles. The van der Waals surface area contributed by atoms with Gasteiger partial charge in [-0.3, -0.25) is 0 Å². The first-order chi connectivity index (χ1) is 12.9. The summed E-state index contributed by atoms with van der Waals surface area (Å²) in [4.78, 5) is 10.5. The molecule has 0 aliphatic heterocycles. The summed E-state index contributed by atoms with van der Waals surface area (Å²) < 4.78 is 194. The number of halogens is 15. The second-order valence-electron chi connectivity index (χ2n) is 5.47. The number of aliphatic hydroxyl groups is 1. The second-order valence-corrected chi connectivity index (χ2v) is 5.47. The van der Waals surface area contributed by atoms with Gasteiger partial charge in [-0.25, -0.2) is 4.79 Å². The Balaban J connectivity index is 6.55. The molecule has 2 N–H and O–H groups in total. The monoisotopic (exact) mass is 484 g/mol. The van der Waals surface area contributed by atoms with Crippen LogP contribution in [0.2, 0.25) is 0 Å². The van der Waals surface area contributed by atoms with Gasteiger partial charge in [-0.1, -0.05) is 0 Å². The van der Waals surface area contributed by atoms with E-state index in [0.717, 1.165) is 0 Å². The van der Waals surface area contributed by atoms with Crippen molar-refractivity contribution < 1.29 is 80.9 Å². The average Bonchev–Trinajstić information content (AvgIpc) is 2.52. The van der Waals surface area contributed by atoms with Crippen molar-refractivity contribution in [2.24, 2.45) is 0 Å². The molecular formula is C12H7F15O3. The molecule has 0 aromatic rings. The lowest BCUT2D eigenvalue weighted by atomic mass is 9.89. The largest absolute Gasteiger partial charge is 0.478 e. The highest BCUT2D eigenvalue weighted by molar-refractivity contribution is 5.86. The number of hydrogen-bond donors (Lipinski definition) is 2. The number of alkyl halides is 15. The Bertz CT molecular complexity index is 677. The summed E-state index contributed by atoms with van der Waals surface area (Å²) in [6.45, 7) is -1.51. The molecule has 3 nitrogen and oxygen atoms in total. The van der Waals surface area contributed by atoms with E-state index in [1.807, 2.05) is 0 Å². The van der Waals surface area contributed by atoms with Crippen LogP contribution in [0.4, 0.5) is 65.9 Å². The average molecular weight is 484 g/mol. The fourth-order valence-corrected chi connectivity index (χ4v) is 1.69. The van der Waals surface area contributed by atoms with Crippen LogP contribution in [0.15, 0.2) is 11.6 Å². The molecule has 0 amide bonds. The minimum Gasteiger partial charge on any atom is -0.478 e. The van der Waals surface area contributed by atoms with E-state index in [0.29, 0.717) is 0 Å². The quantitative estimate of drug-likeness (QED) is 0.367. The lowest BCUT2D eigenvalue weighted by Crippen LogP contribution is -2.72. The van der Waals surface area contributed by atoms with Gasteiger partial charge in [0.15, 0.2) is 0 Å². The highest BCUT2D eigenvalue weighted by Gasteiger charge is 2.93. The third-order valence-corrected chi connectivity index (χ3v) is 3.42. The zero-order valence-corrected chi connectivity index (χ0v) is 13.5. The number of aliphatic hydroxyl groups excluding tert-OH is 1. The molecule has 0 atom stereocenters. The number of carboxylic acids is 1. The molecule has 0 bridgehead atoms. The predicted octanol–water partition coefficient (Wildman–Crippen LogP) is 4.75. The molecule has 0 radical (unpaired) electrons. The van der Waals surface area contributed by atoms with Gasteiger partial charge in [0.05, 0.1) is 6.61 Å². The van der Waals surface area contributed by atoms with E-state index >= 15 is 0 Å². The van der Waals surface area contributed by atoms with Gasteiger partial charge in [0.2, 0.25) is 0 Å². The first-order valence-electron chi connectivity index (χ1n) is 6.73. The van der Waals surface area contributed by atoms with Crippen LogP contribution in [-0.2, 0) is 4.79 Å². The van der Waals surface area contributed by atoms with Gasteiger partial charge in [-0.05, 0) is 6.08 Å². The van der Waals surface area contributed by atoms with E-state index in [9.17, 15) is 70.7 Å². The van der Waals surface area contributed by atoms with Crippen LogP contribution in [0.3, 0.4) is 0 Å². The molecular weight excluding hydrogens is 477 g/mol. The Hall–Kier alpha value is -1.88. The number of hydrogen-bond acceptors (Lipinski definition) is 2. The highest BCUT2D eigenvalue weighted by atomic mass is 19.4. The number of aliphatic carboxylic acids is 1. The van der Waals surface area contributed by atoms with E-state index in [1.165, 1.54) is 0 Å². The topological polar surface area (TPSA) is 57.5 Å². The summed E-state index contributed by atoms with van der Waals surface area (Å²) in [7, 11) is 0. The molecule has 0 aromatic carbocycles. The maximum Gasteiger partial charge on any atom is 0.460 e. The lowest BCUT2D eigenvalue weighted by molar-refractivity contribution is -0.452. The van der Waals surface area contributed by atoms with Crippen molar-refractivity contribution in [3.8, 4) is 0 Å². The van der Waals surface area contributed by atoms with Gasteiger partial charge in [0.1, 0.15) is 0 Å². The Morgan fingerprint density at radius 1 is 0.633 bits per heavy atom. The van der Waals surface area contributed by atoms with Gasteiger partial charge < -0.3 is 10.2 Å². The fraction of sp³-hybridized carbons (Fsp3) is 0.750. The molecule has 0 aliphatic carbocycles. The molecule has 0 fully saturated rings. The summed E-state index contributed by atoms with van der Waals surface area (Å²) in [5.41, 5.74) is -2.03. The van der Waals surface area contributed by atoms with Crippen molar-refractivity contribution in [1.29, 1.82) is 0 Å². The van der Waals surface area contributed by atoms with Crippen LogP contribution in [0.1, 0.15) is 6.42 Å². The lowest BCUT2D eigenvalue weighted by Gasteiger charge is -2.41. The van der Waals surface area contributed by atoms with Crippen LogP contribution in [0.5, 0.6) is 0 Å². The minimum absolute atomic E-state index is 0.227. The zero-order valence-electron chi connectivity index (χ0n) is 13.5. The molecule has 178 valence electrons. The van der Waals surface area contributed by atoms with Crippen LogP contribution in [0.25, 0.3) is 0 Å². The molecule has 0 aliphatic rings. The Kier molecular flexibility index (Phi) is 7.19. The van der Waals surface area contributed by atoms with Gasteiger partial charge in [-0.2, -0.15) is 65.9 Å². The van der Waals surface area contributed by atoms with Gasteiger partial charge in [0.25, 0.3) is 0 Å². The molecule has 0 spiro atoms. The zero-order chi connectivity index (χ0) is 24.8. The third-order valence-electron chi connectivity index (χ3n) is 3.42. The van der Waals surface area contributed by atoms with Crippen LogP contribution >= 0.6 is 0 Å². The summed E-state index contributed by atoms with van der Waals surface area (Å²) >= 11 is 0. The van der Waals surface area contributed by atoms with Gasteiger partial charge >= 0.3 is 47.7 Å². The van der Waals surface area contributed by atoms with Crippen LogP contribution in [-0.4, -0.2) is 64.5 Å². The van der Waals surface area contributed by atoms with Crippen molar-refractivity contribution in [3.05, 3.63) is 11.6 Å². The van der Waals surface area contributed by atoms with E-state index in [1.54, 1.807) is 0 Å². The normalized spacial score (nSPS) is 16.1. The smallest absolute Gasteiger partial charge is 0.460 e. The molecule has 0 saturated heterocycles. The Morgan fingerprint density at radius 3 is 1.27 bits per heavy atom. The second kappa shape index (κ2) is 7.67. The SMILES string of the molecule is O=C(O)C(=CCO)CC(F)(F)C(F)(F)C(F)(F)C(F)(F)C(F)(F)C(F)(F)C(F)(F)F. The fourth-order valence-electron chi connectivity index (χ4n) is 1.69. The number of rotatable bonds is 9. The highest BCUT2D eigenvalue weighted by Crippen LogP contribution is 2.62.